The van der Waals surface area contributed by atoms with Crippen LogP contribution in [-0.4, -0.2) is 24.9 Å². The first-order valence-corrected chi connectivity index (χ1v) is 9.19. The molecule has 2 amide bonds. The van der Waals surface area contributed by atoms with Crippen LogP contribution in [0.3, 0.4) is 0 Å². The maximum Gasteiger partial charge on any atom is 0.219 e. The fraction of sp³-hybridized carbons (Fsp3) is 0.700. The van der Waals surface area contributed by atoms with E-state index in [1.807, 2.05) is 0 Å². The summed E-state index contributed by atoms with van der Waals surface area (Å²) in [5.41, 5.74) is 0. The Kier molecular flexibility index (Phi) is 16.0. The molecular weight excluding hydrogens is 300 g/mol. The third-order valence-corrected chi connectivity index (χ3v) is 3.36. The fourth-order valence-electron chi connectivity index (χ4n) is 1.87. The number of carbonyl (C=O) groups is 2. The molecule has 0 atom stereocenters. The topological polar surface area (TPSA) is 58.2 Å². The summed E-state index contributed by atoms with van der Waals surface area (Å²) in [6, 6.07) is 0. The highest BCUT2D eigenvalue weighted by atomic mass is 16.2. The van der Waals surface area contributed by atoms with Crippen molar-refractivity contribution in [1.29, 1.82) is 0 Å². The van der Waals surface area contributed by atoms with Gasteiger partial charge in [0.1, 0.15) is 0 Å². The first-order chi connectivity index (χ1) is 11.7. The minimum atomic E-state index is 0.131. The summed E-state index contributed by atoms with van der Waals surface area (Å²) in [7, 11) is 0. The monoisotopic (exact) mass is 332 g/mol. The number of nitrogens with one attached hydrogen (secondary N) is 2. The molecule has 4 heteroatoms. The Hall–Kier alpha value is -1.94. The SMILES string of the molecule is CCCCC(=O)NCCCC#CC#CCCCNC(=O)CCCC. The molecule has 0 aromatic heterocycles. The van der Waals surface area contributed by atoms with E-state index >= 15 is 0 Å². The highest BCUT2D eigenvalue weighted by molar-refractivity contribution is 5.76. The minimum absolute atomic E-state index is 0.131. The van der Waals surface area contributed by atoms with Gasteiger partial charge in [0.15, 0.2) is 0 Å². The molecular formula is C20H32N2O2. The van der Waals surface area contributed by atoms with Gasteiger partial charge in [-0.05, 0) is 37.5 Å². The zero-order chi connectivity index (χ0) is 17.9. The lowest BCUT2D eigenvalue weighted by Crippen LogP contribution is -2.23. The van der Waals surface area contributed by atoms with Gasteiger partial charge in [0, 0.05) is 38.8 Å². The molecule has 0 fully saturated rings. The molecule has 0 aliphatic heterocycles. The van der Waals surface area contributed by atoms with E-state index in [4.69, 9.17) is 0 Å². The Morgan fingerprint density at radius 3 is 1.50 bits per heavy atom. The van der Waals surface area contributed by atoms with Crippen LogP contribution in [-0.2, 0) is 9.59 Å². The zero-order valence-electron chi connectivity index (χ0n) is 15.3. The van der Waals surface area contributed by atoms with Crippen molar-refractivity contribution in [3.05, 3.63) is 0 Å². The second kappa shape index (κ2) is 17.4. The molecule has 0 unspecified atom stereocenters. The maximum atomic E-state index is 11.4. The highest BCUT2D eigenvalue weighted by Gasteiger charge is 1.98. The van der Waals surface area contributed by atoms with Gasteiger partial charge >= 0.3 is 0 Å². The molecule has 0 heterocycles. The molecule has 0 spiro atoms. The van der Waals surface area contributed by atoms with Crippen LogP contribution in [0.2, 0.25) is 0 Å². The Bertz CT molecular complexity index is 420. The summed E-state index contributed by atoms with van der Waals surface area (Å²) in [6.45, 7) is 5.52. The Morgan fingerprint density at radius 2 is 1.12 bits per heavy atom. The quantitative estimate of drug-likeness (QED) is 0.426. The second-order valence-electron chi connectivity index (χ2n) is 5.72. The lowest BCUT2D eigenvalue weighted by molar-refractivity contribution is -0.122. The smallest absolute Gasteiger partial charge is 0.219 e. The van der Waals surface area contributed by atoms with Gasteiger partial charge in [0.05, 0.1) is 0 Å². The summed E-state index contributed by atoms with van der Waals surface area (Å²) in [4.78, 5) is 22.7. The van der Waals surface area contributed by atoms with Crippen molar-refractivity contribution in [2.24, 2.45) is 0 Å². The van der Waals surface area contributed by atoms with Gasteiger partial charge in [-0.2, -0.15) is 0 Å². The van der Waals surface area contributed by atoms with E-state index < -0.39 is 0 Å². The molecule has 0 bridgehead atoms. The molecule has 0 aliphatic carbocycles. The lowest BCUT2D eigenvalue weighted by Gasteiger charge is -2.02. The average Bonchev–Trinajstić information content (AvgIpc) is 2.58. The lowest BCUT2D eigenvalue weighted by atomic mass is 10.2. The molecule has 0 aliphatic rings. The van der Waals surface area contributed by atoms with Crippen LogP contribution in [0.5, 0.6) is 0 Å². The first-order valence-electron chi connectivity index (χ1n) is 9.19. The number of amides is 2. The van der Waals surface area contributed by atoms with Gasteiger partial charge in [-0.15, -0.1) is 0 Å². The predicted molar refractivity (Wildman–Crippen MR) is 99.1 cm³/mol. The summed E-state index contributed by atoms with van der Waals surface area (Å²) < 4.78 is 0. The number of hydrogen-bond acceptors (Lipinski definition) is 2. The van der Waals surface area contributed by atoms with Crippen molar-refractivity contribution in [2.45, 2.75) is 78.1 Å². The van der Waals surface area contributed by atoms with Crippen LogP contribution in [0.1, 0.15) is 78.1 Å². The average molecular weight is 332 g/mol. The second-order valence-corrected chi connectivity index (χ2v) is 5.72. The Labute approximate surface area is 147 Å². The van der Waals surface area contributed by atoms with Gasteiger partial charge < -0.3 is 10.6 Å². The molecule has 0 saturated carbocycles. The van der Waals surface area contributed by atoms with Crippen molar-refractivity contribution < 1.29 is 9.59 Å². The predicted octanol–water partition coefficient (Wildman–Crippen LogP) is 3.17. The third-order valence-electron chi connectivity index (χ3n) is 3.36. The van der Waals surface area contributed by atoms with Gasteiger partial charge in [-0.25, -0.2) is 0 Å². The number of rotatable bonds is 12. The van der Waals surface area contributed by atoms with Crippen molar-refractivity contribution in [2.75, 3.05) is 13.1 Å². The Morgan fingerprint density at radius 1 is 0.708 bits per heavy atom. The largest absolute Gasteiger partial charge is 0.356 e. The van der Waals surface area contributed by atoms with Crippen LogP contribution < -0.4 is 10.6 Å². The molecule has 0 radical (unpaired) electrons. The van der Waals surface area contributed by atoms with E-state index in [0.717, 1.165) is 51.4 Å². The van der Waals surface area contributed by atoms with Gasteiger partial charge in [0.25, 0.3) is 0 Å². The van der Waals surface area contributed by atoms with E-state index in [2.05, 4.69) is 48.2 Å². The normalized spacial score (nSPS) is 9.25. The molecule has 2 N–H and O–H groups in total. The fourth-order valence-corrected chi connectivity index (χ4v) is 1.87. The third kappa shape index (κ3) is 16.4. The summed E-state index contributed by atoms with van der Waals surface area (Å²) in [6.07, 6.45) is 8.43. The number of carbonyl (C=O) groups excluding carboxylic acids is 2. The van der Waals surface area contributed by atoms with Crippen LogP contribution in [0.25, 0.3) is 0 Å². The molecule has 24 heavy (non-hydrogen) atoms. The molecule has 0 aromatic rings. The van der Waals surface area contributed by atoms with E-state index in [9.17, 15) is 9.59 Å². The Balaban J connectivity index is 3.49. The summed E-state index contributed by atoms with van der Waals surface area (Å²) >= 11 is 0. The minimum Gasteiger partial charge on any atom is -0.356 e. The summed E-state index contributed by atoms with van der Waals surface area (Å²) in [5, 5.41) is 5.77. The number of unbranched alkanes of at least 4 members (excludes halogenated alkanes) is 4. The van der Waals surface area contributed by atoms with Crippen molar-refractivity contribution >= 4 is 11.8 Å². The standard InChI is InChI=1S/C20H32N2O2/c1-3-5-15-19(23)21-17-13-11-9-7-8-10-12-14-18-22-20(24)16-6-4-2/h3-6,11-18H2,1-2H3,(H,21,23)(H,22,24). The zero-order valence-corrected chi connectivity index (χ0v) is 15.3. The van der Waals surface area contributed by atoms with Gasteiger partial charge in [0.2, 0.25) is 11.8 Å². The molecule has 134 valence electrons. The molecule has 4 nitrogen and oxygen atoms in total. The number of hydrogen-bond donors (Lipinski definition) is 2. The van der Waals surface area contributed by atoms with E-state index in [1.54, 1.807) is 0 Å². The van der Waals surface area contributed by atoms with Crippen LogP contribution in [0.4, 0.5) is 0 Å². The first kappa shape index (κ1) is 22.1. The van der Waals surface area contributed by atoms with Crippen LogP contribution >= 0.6 is 0 Å². The molecule has 0 aromatic carbocycles. The van der Waals surface area contributed by atoms with E-state index in [-0.39, 0.29) is 11.8 Å². The van der Waals surface area contributed by atoms with Gasteiger partial charge in [-0.3, -0.25) is 9.59 Å². The van der Waals surface area contributed by atoms with Crippen LogP contribution in [0.15, 0.2) is 0 Å². The highest BCUT2D eigenvalue weighted by Crippen LogP contribution is 1.94. The van der Waals surface area contributed by atoms with Crippen LogP contribution in [0, 0.1) is 23.7 Å². The maximum absolute atomic E-state index is 11.4. The van der Waals surface area contributed by atoms with E-state index in [0.29, 0.717) is 25.9 Å². The van der Waals surface area contributed by atoms with Gasteiger partial charge in [-0.1, -0.05) is 38.5 Å². The van der Waals surface area contributed by atoms with Crippen molar-refractivity contribution in [1.82, 2.24) is 10.6 Å². The molecule has 0 rings (SSSR count). The van der Waals surface area contributed by atoms with E-state index in [1.165, 1.54) is 0 Å². The van der Waals surface area contributed by atoms with Crippen molar-refractivity contribution in [3.8, 4) is 23.7 Å². The summed E-state index contributed by atoms with van der Waals surface area (Å²) in [5.74, 6) is 11.9. The van der Waals surface area contributed by atoms with Crippen molar-refractivity contribution in [3.63, 3.8) is 0 Å². The molecule has 0 saturated heterocycles.